The van der Waals surface area contributed by atoms with Crippen molar-refractivity contribution in [3.05, 3.63) is 98.1 Å². The smallest absolute Gasteiger partial charge is 0.169 e. The third-order valence-electron chi connectivity index (χ3n) is 5.47. The Labute approximate surface area is 178 Å². The molecule has 30 heavy (non-hydrogen) atoms. The highest BCUT2D eigenvalue weighted by Gasteiger charge is 2.05. The lowest BCUT2D eigenvalue weighted by atomic mass is 10.1. The molecule has 0 unspecified atom stereocenters. The summed E-state index contributed by atoms with van der Waals surface area (Å²) in [6.45, 7) is 2.17. The molecule has 4 rings (SSSR count). The van der Waals surface area contributed by atoms with Crippen molar-refractivity contribution in [1.82, 2.24) is 0 Å². The van der Waals surface area contributed by atoms with Crippen LogP contribution in [0.25, 0.3) is 22.3 Å². The molecule has 4 aromatic heterocycles. The number of nitrogens with one attached hydrogen (secondary N) is 2. The van der Waals surface area contributed by atoms with Gasteiger partial charge >= 0.3 is 0 Å². The Morgan fingerprint density at radius 2 is 0.767 bits per heavy atom. The molecule has 0 radical (unpaired) electrons. The topological polar surface area (TPSA) is 36.0 Å². The zero-order valence-corrected chi connectivity index (χ0v) is 17.4. The number of aryl methyl sites for hydroxylation is 2. The van der Waals surface area contributed by atoms with Crippen LogP contribution in [0.5, 0.6) is 0 Å². The van der Waals surface area contributed by atoms with E-state index in [1.54, 1.807) is 0 Å². The van der Waals surface area contributed by atoms with E-state index in [4.69, 9.17) is 0 Å². The van der Waals surface area contributed by atoms with Crippen LogP contribution in [0.2, 0.25) is 0 Å². The fraction of sp³-hybridized carbons (Fsp3) is 0.231. The molecular formula is C26H30N4+4. The number of aromatic nitrogens is 4. The molecular weight excluding hydrogens is 368 g/mol. The van der Waals surface area contributed by atoms with Gasteiger partial charge in [0.15, 0.2) is 49.6 Å². The summed E-state index contributed by atoms with van der Waals surface area (Å²) in [6.07, 6.45) is 21.6. The first-order valence-corrected chi connectivity index (χ1v) is 10.8. The highest BCUT2D eigenvalue weighted by molar-refractivity contribution is 5.61. The molecule has 0 aliphatic carbocycles. The maximum Gasteiger partial charge on any atom is 0.169 e. The number of unbranched alkanes of at least 4 members (excludes halogenated alkanes) is 3. The Hall–Kier alpha value is -3.40. The predicted molar refractivity (Wildman–Crippen MR) is 116 cm³/mol. The van der Waals surface area contributed by atoms with Gasteiger partial charge in [0, 0.05) is 61.4 Å². The minimum atomic E-state index is 1.08. The molecule has 0 bridgehead atoms. The van der Waals surface area contributed by atoms with Gasteiger partial charge in [-0.2, -0.15) is 0 Å². The van der Waals surface area contributed by atoms with E-state index in [2.05, 4.69) is 92.4 Å². The number of rotatable bonds is 9. The van der Waals surface area contributed by atoms with E-state index in [0.717, 1.165) is 13.1 Å². The average Bonchev–Trinajstić information content (AvgIpc) is 2.83. The number of pyridine rings is 4. The van der Waals surface area contributed by atoms with Gasteiger partial charge in [-0.05, 0) is 35.1 Å². The zero-order chi connectivity index (χ0) is 20.4. The maximum atomic E-state index is 3.07. The minimum absolute atomic E-state index is 1.08. The first-order valence-electron chi connectivity index (χ1n) is 10.8. The molecule has 150 valence electrons. The van der Waals surface area contributed by atoms with Crippen molar-refractivity contribution in [1.29, 1.82) is 0 Å². The normalized spacial score (nSPS) is 10.8. The van der Waals surface area contributed by atoms with Gasteiger partial charge < -0.3 is 0 Å². The summed E-state index contributed by atoms with van der Waals surface area (Å²) >= 11 is 0. The fourth-order valence-electron chi connectivity index (χ4n) is 3.70. The lowest BCUT2D eigenvalue weighted by Crippen LogP contribution is -2.33. The first-order chi connectivity index (χ1) is 14.9. The summed E-state index contributed by atoms with van der Waals surface area (Å²) in [5.41, 5.74) is 5.00. The van der Waals surface area contributed by atoms with Gasteiger partial charge in [-0.1, -0.05) is 0 Å². The van der Waals surface area contributed by atoms with Crippen molar-refractivity contribution in [3.63, 3.8) is 0 Å². The van der Waals surface area contributed by atoms with Crippen molar-refractivity contribution in [2.45, 2.75) is 38.8 Å². The lowest BCUT2D eigenvalue weighted by Gasteiger charge is -2.01. The van der Waals surface area contributed by atoms with Crippen LogP contribution in [0.3, 0.4) is 0 Å². The Balaban J connectivity index is 1.15. The molecule has 0 saturated heterocycles. The first kappa shape index (κ1) is 19.9. The average molecular weight is 399 g/mol. The summed E-state index contributed by atoms with van der Waals surface area (Å²) in [4.78, 5) is 6.14. The summed E-state index contributed by atoms with van der Waals surface area (Å²) in [5, 5.41) is 0. The molecule has 0 aliphatic heterocycles. The summed E-state index contributed by atoms with van der Waals surface area (Å²) in [7, 11) is 0. The van der Waals surface area contributed by atoms with Gasteiger partial charge in [-0.3, -0.25) is 0 Å². The Morgan fingerprint density at radius 1 is 0.433 bits per heavy atom. The molecule has 0 fully saturated rings. The second kappa shape index (κ2) is 10.4. The highest BCUT2D eigenvalue weighted by atomic mass is 14.9. The monoisotopic (exact) mass is 398 g/mol. The van der Waals surface area contributed by atoms with E-state index in [1.807, 2.05) is 24.8 Å². The number of hydrogen-bond acceptors (Lipinski definition) is 0. The molecule has 0 aliphatic rings. The molecule has 4 aromatic rings. The van der Waals surface area contributed by atoms with Crippen LogP contribution in [0.1, 0.15) is 25.7 Å². The fourth-order valence-corrected chi connectivity index (χ4v) is 3.70. The van der Waals surface area contributed by atoms with E-state index in [-0.39, 0.29) is 0 Å². The zero-order valence-electron chi connectivity index (χ0n) is 17.4. The maximum absolute atomic E-state index is 3.07. The second-order valence-corrected chi connectivity index (χ2v) is 7.64. The molecule has 0 amide bonds. The third-order valence-corrected chi connectivity index (χ3v) is 5.47. The van der Waals surface area contributed by atoms with Gasteiger partial charge in [0.2, 0.25) is 0 Å². The summed E-state index contributed by atoms with van der Waals surface area (Å²) in [5.74, 6) is 0. The van der Waals surface area contributed by atoms with Gasteiger partial charge in [0.1, 0.15) is 13.1 Å². The van der Waals surface area contributed by atoms with Gasteiger partial charge in [0.25, 0.3) is 0 Å². The van der Waals surface area contributed by atoms with Crippen molar-refractivity contribution < 1.29 is 19.1 Å². The van der Waals surface area contributed by atoms with E-state index in [0.29, 0.717) is 0 Å². The minimum Gasteiger partial charge on any atom is -0.218 e. The Morgan fingerprint density at radius 3 is 1.13 bits per heavy atom. The predicted octanol–water partition coefficient (Wildman–Crippen LogP) is 3.48. The molecule has 2 N–H and O–H groups in total. The molecule has 4 nitrogen and oxygen atoms in total. The summed E-state index contributed by atoms with van der Waals surface area (Å²) in [6, 6.07) is 17.2. The standard InChI is InChI=1S/C26H28N4/c1(3-17-29-19-9-25(10-20-29)23-5-13-27-14-6-23)2-4-18-30-21-11-26(12-22-30)24-7-15-28-16-8-24/h5-16,19-22H,1-4,17-18H2/q+2/p+2. The van der Waals surface area contributed by atoms with Crippen LogP contribution in [-0.4, -0.2) is 0 Å². The number of nitrogens with zero attached hydrogens (tertiary/aromatic N) is 2. The highest BCUT2D eigenvalue weighted by Crippen LogP contribution is 2.16. The van der Waals surface area contributed by atoms with Crippen LogP contribution in [0.15, 0.2) is 98.1 Å². The van der Waals surface area contributed by atoms with E-state index < -0.39 is 0 Å². The van der Waals surface area contributed by atoms with Crippen LogP contribution in [0.4, 0.5) is 0 Å². The van der Waals surface area contributed by atoms with Gasteiger partial charge in [0.05, 0.1) is 0 Å². The SMILES string of the molecule is c1cc(-c2cc[n+](CCCCCC[n+]3ccc(-c4cc[nH+]cc4)cc3)cc2)cc[nH+]1. The quantitative estimate of drug-likeness (QED) is 0.306. The van der Waals surface area contributed by atoms with Crippen molar-refractivity contribution in [2.75, 3.05) is 0 Å². The van der Waals surface area contributed by atoms with Crippen molar-refractivity contribution >= 4 is 0 Å². The van der Waals surface area contributed by atoms with Crippen molar-refractivity contribution in [2.24, 2.45) is 0 Å². The summed E-state index contributed by atoms with van der Waals surface area (Å²) < 4.78 is 4.57. The Bertz CT molecular complexity index is 927. The largest absolute Gasteiger partial charge is 0.218 e. The molecule has 0 atom stereocenters. The van der Waals surface area contributed by atoms with Gasteiger partial charge in [-0.15, -0.1) is 0 Å². The number of aromatic amines is 2. The molecule has 0 saturated carbocycles. The molecule has 4 heterocycles. The van der Waals surface area contributed by atoms with Crippen LogP contribution in [0, 0.1) is 0 Å². The van der Waals surface area contributed by atoms with Crippen LogP contribution >= 0.6 is 0 Å². The molecule has 0 spiro atoms. The Kier molecular flexibility index (Phi) is 6.90. The second-order valence-electron chi connectivity index (χ2n) is 7.64. The molecule has 0 aromatic carbocycles. The number of hydrogen-bond donors (Lipinski definition) is 0. The van der Waals surface area contributed by atoms with E-state index in [1.165, 1.54) is 47.9 Å². The van der Waals surface area contributed by atoms with Crippen molar-refractivity contribution in [3.8, 4) is 22.3 Å². The molecule has 4 heteroatoms. The lowest BCUT2D eigenvalue weighted by molar-refractivity contribution is -0.698. The van der Waals surface area contributed by atoms with E-state index in [9.17, 15) is 0 Å². The van der Waals surface area contributed by atoms with Crippen LogP contribution in [-0.2, 0) is 13.1 Å². The van der Waals surface area contributed by atoms with Gasteiger partial charge in [-0.25, -0.2) is 19.1 Å². The third kappa shape index (κ3) is 5.57. The van der Waals surface area contributed by atoms with Crippen LogP contribution < -0.4 is 19.1 Å². The number of H-pyrrole nitrogens is 2. The van der Waals surface area contributed by atoms with E-state index >= 15 is 0 Å².